The SMILES string of the molecule is C/N=C\OOCCN1C(=O)/C(=C2/Sc3ccccc3N2C)SC1=S. The Morgan fingerprint density at radius 1 is 1.33 bits per heavy atom. The Kier molecular flexibility index (Phi) is 5.44. The fourth-order valence-corrected chi connectivity index (χ4v) is 4.91. The molecule has 3 rings (SSSR count). The zero-order chi connectivity index (χ0) is 17.1. The first kappa shape index (κ1) is 17.3. The zero-order valence-electron chi connectivity index (χ0n) is 13.1. The minimum absolute atomic E-state index is 0.0973. The summed E-state index contributed by atoms with van der Waals surface area (Å²) in [6, 6.07) is 8.06. The van der Waals surface area contributed by atoms with Crippen LogP contribution >= 0.6 is 35.7 Å². The molecule has 1 saturated heterocycles. The Labute approximate surface area is 153 Å². The number of amides is 1. The number of anilines is 1. The molecule has 1 aromatic rings. The number of hydrogen-bond donors (Lipinski definition) is 0. The Morgan fingerprint density at radius 3 is 2.88 bits per heavy atom. The summed E-state index contributed by atoms with van der Waals surface area (Å²) in [6.45, 7) is 0.546. The van der Waals surface area contributed by atoms with Crippen LogP contribution in [0.25, 0.3) is 0 Å². The summed E-state index contributed by atoms with van der Waals surface area (Å²) in [5.74, 6) is -0.0973. The van der Waals surface area contributed by atoms with Crippen LogP contribution in [0.2, 0.25) is 0 Å². The van der Waals surface area contributed by atoms with Gasteiger partial charge in [0, 0.05) is 19.0 Å². The van der Waals surface area contributed by atoms with Gasteiger partial charge in [-0.1, -0.05) is 47.9 Å². The van der Waals surface area contributed by atoms with E-state index in [1.165, 1.54) is 23.1 Å². The molecule has 2 aliphatic heterocycles. The second kappa shape index (κ2) is 7.56. The van der Waals surface area contributed by atoms with Gasteiger partial charge >= 0.3 is 0 Å². The van der Waals surface area contributed by atoms with Crippen molar-refractivity contribution in [3.63, 3.8) is 0 Å². The van der Waals surface area contributed by atoms with Crippen molar-refractivity contribution in [1.82, 2.24) is 4.90 Å². The van der Waals surface area contributed by atoms with Crippen molar-refractivity contribution in [1.29, 1.82) is 0 Å². The molecule has 0 bridgehead atoms. The molecule has 6 nitrogen and oxygen atoms in total. The van der Waals surface area contributed by atoms with Gasteiger partial charge in [0.05, 0.1) is 17.3 Å². The monoisotopic (exact) mass is 381 g/mol. The molecule has 1 fully saturated rings. The van der Waals surface area contributed by atoms with Gasteiger partial charge in [0.1, 0.15) is 15.8 Å². The van der Waals surface area contributed by atoms with E-state index in [1.54, 1.807) is 18.8 Å². The molecule has 0 unspecified atom stereocenters. The molecule has 126 valence electrons. The molecule has 0 saturated carbocycles. The van der Waals surface area contributed by atoms with E-state index in [1.807, 2.05) is 36.2 Å². The molecule has 0 atom stereocenters. The number of carbonyl (C=O) groups excluding carboxylic acids is 1. The summed E-state index contributed by atoms with van der Waals surface area (Å²) >= 11 is 8.25. The third-order valence-corrected chi connectivity index (χ3v) is 6.20. The Bertz CT molecular complexity index is 736. The summed E-state index contributed by atoms with van der Waals surface area (Å²) in [4.78, 5) is 31.3. The lowest BCUT2D eigenvalue weighted by Crippen LogP contribution is -2.32. The van der Waals surface area contributed by atoms with Crippen LogP contribution in [0.4, 0.5) is 5.69 Å². The van der Waals surface area contributed by atoms with Crippen LogP contribution in [0.3, 0.4) is 0 Å². The highest BCUT2D eigenvalue weighted by atomic mass is 32.2. The average molecular weight is 382 g/mol. The predicted molar refractivity (Wildman–Crippen MR) is 101 cm³/mol. The van der Waals surface area contributed by atoms with E-state index >= 15 is 0 Å². The van der Waals surface area contributed by atoms with Crippen molar-refractivity contribution in [2.45, 2.75) is 4.90 Å². The number of benzene rings is 1. The van der Waals surface area contributed by atoms with Gasteiger partial charge in [-0.25, -0.2) is 0 Å². The largest absolute Gasteiger partial charge is 0.337 e. The summed E-state index contributed by atoms with van der Waals surface area (Å²) in [6.07, 6.45) is 1.19. The molecule has 2 aliphatic rings. The predicted octanol–water partition coefficient (Wildman–Crippen LogP) is 2.86. The quantitative estimate of drug-likeness (QED) is 0.148. The van der Waals surface area contributed by atoms with E-state index in [-0.39, 0.29) is 12.5 Å². The first-order valence-electron chi connectivity index (χ1n) is 7.11. The van der Waals surface area contributed by atoms with Gasteiger partial charge in [0.25, 0.3) is 5.91 Å². The van der Waals surface area contributed by atoms with Crippen LogP contribution in [0, 0.1) is 0 Å². The van der Waals surface area contributed by atoms with Crippen LogP contribution < -0.4 is 4.90 Å². The number of rotatable bonds is 5. The topological polar surface area (TPSA) is 54.4 Å². The van der Waals surface area contributed by atoms with E-state index in [4.69, 9.17) is 22.0 Å². The summed E-state index contributed by atoms with van der Waals surface area (Å²) < 4.78 is 0.528. The fourth-order valence-electron chi connectivity index (χ4n) is 2.27. The van der Waals surface area contributed by atoms with Crippen molar-refractivity contribution in [3.8, 4) is 0 Å². The number of nitrogens with zero attached hydrogens (tertiary/aromatic N) is 3. The number of carbonyl (C=O) groups is 1. The van der Waals surface area contributed by atoms with Crippen LogP contribution in [-0.4, -0.2) is 48.8 Å². The first-order valence-corrected chi connectivity index (χ1v) is 9.15. The average Bonchev–Trinajstić information content (AvgIpc) is 3.06. The van der Waals surface area contributed by atoms with E-state index in [9.17, 15) is 4.79 Å². The third kappa shape index (κ3) is 3.30. The highest BCUT2D eigenvalue weighted by Crippen LogP contribution is 2.49. The molecule has 0 N–H and O–H groups in total. The lowest BCUT2D eigenvalue weighted by molar-refractivity contribution is -0.216. The summed E-state index contributed by atoms with van der Waals surface area (Å²) in [5.41, 5.74) is 1.10. The van der Waals surface area contributed by atoms with Crippen molar-refractivity contribution in [2.24, 2.45) is 4.99 Å². The van der Waals surface area contributed by atoms with Crippen molar-refractivity contribution in [2.75, 3.05) is 32.1 Å². The maximum Gasteiger partial charge on any atom is 0.268 e. The number of thiocarbonyl (C=S) groups is 1. The number of fused-ring (bicyclic) bond motifs is 1. The van der Waals surface area contributed by atoms with Crippen molar-refractivity contribution in [3.05, 3.63) is 34.2 Å². The molecule has 0 aliphatic carbocycles. The molecule has 1 amide bonds. The molecular formula is C15H15N3O3S3. The minimum atomic E-state index is -0.0973. The molecule has 0 aromatic heterocycles. The van der Waals surface area contributed by atoms with Gasteiger partial charge in [-0.15, -0.1) is 0 Å². The van der Waals surface area contributed by atoms with Gasteiger partial charge in [0.2, 0.25) is 6.40 Å². The molecule has 0 radical (unpaired) electrons. The molecule has 0 spiro atoms. The van der Waals surface area contributed by atoms with E-state index in [0.717, 1.165) is 15.6 Å². The number of thioether (sulfide) groups is 2. The second-order valence-electron chi connectivity index (χ2n) is 4.87. The molecular weight excluding hydrogens is 366 g/mol. The Morgan fingerprint density at radius 2 is 2.12 bits per heavy atom. The highest BCUT2D eigenvalue weighted by molar-refractivity contribution is 8.27. The number of hydrogen-bond acceptors (Lipinski definition) is 8. The van der Waals surface area contributed by atoms with Gasteiger partial charge in [0.15, 0.2) is 0 Å². The maximum absolute atomic E-state index is 12.7. The first-order chi connectivity index (χ1) is 11.6. The molecule has 9 heteroatoms. The fraction of sp³-hybridized carbons (Fsp3) is 0.267. The lowest BCUT2D eigenvalue weighted by atomic mass is 10.3. The van der Waals surface area contributed by atoms with E-state index in [2.05, 4.69) is 4.99 Å². The van der Waals surface area contributed by atoms with Crippen LogP contribution in [-0.2, 0) is 14.6 Å². The summed E-state index contributed by atoms with van der Waals surface area (Å²) in [7, 11) is 3.53. The van der Waals surface area contributed by atoms with Crippen molar-refractivity contribution < 1.29 is 14.6 Å². The molecule has 24 heavy (non-hydrogen) atoms. The smallest absolute Gasteiger partial charge is 0.268 e. The van der Waals surface area contributed by atoms with Crippen LogP contribution in [0.5, 0.6) is 0 Å². The third-order valence-electron chi connectivity index (χ3n) is 3.40. The minimum Gasteiger partial charge on any atom is -0.337 e. The van der Waals surface area contributed by atoms with Crippen LogP contribution in [0.15, 0.2) is 44.1 Å². The van der Waals surface area contributed by atoms with Crippen molar-refractivity contribution >= 4 is 58.1 Å². The Hall–Kier alpha value is -1.55. The van der Waals surface area contributed by atoms with Gasteiger partial charge in [-0.05, 0) is 12.1 Å². The van der Waals surface area contributed by atoms with Crippen LogP contribution in [0.1, 0.15) is 0 Å². The zero-order valence-corrected chi connectivity index (χ0v) is 15.5. The number of aliphatic imine (C=N–C) groups is 1. The number of para-hydroxylation sites is 1. The standard InChI is InChI=1S/C15H15N3O3S3/c1-16-9-21-20-8-7-18-13(19)12(24-15(18)22)14-17(2)10-5-3-4-6-11(10)23-14/h3-6,9H,7-8H2,1-2H3/b14-12-,16-9-. The molecule has 1 aromatic carbocycles. The highest BCUT2D eigenvalue weighted by Gasteiger charge is 2.37. The lowest BCUT2D eigenvalue weighted by Gasteiger charge is -2.15. The Balaban J connectivity index is 1.72. The second-order valence-corrected chi connectivity index (χ2v) is 7.54. The van der Waals surface area contributed by atoms with E-state index in [0.29, 0.717) is 15.8 Å². The van der Waals surface area contributed by atoms with Gasteiger partial charge in [-0.2, -0.15) is 4.89 Å². The van der Waals surface area contributed by atoms with Gasteiger partial charge < -0.3 is 9.79 Å². The summed E-state index contributed by atoms with van der Waals surface area (Å²) in [5, 5.41) is 0.909. The van der Waals surface area contributed by atoms with Gasteiger partial charge in [-0.3, -0.25) is 14.7 Å². The maximum atomic E-state index is 12.7. The van der Waals surface area contributed by atoms with E-state index < -0.39 is 0 Å². The molecule has 2 heterocycles. The normalized spacial score (nSPS) is 20.4.